The van der Waals surface area contributed by atoms with Gasteiger partial charge >= 0.3 is 0 Å². The number of aromatic amines is 1. The number of aromatic nitrogens is 2. The molecule has 2 heterocycles. The van der Waals surface area contributed by atoms with Gasteiger partial charge in [0.15, 0.2) is 0 Å². The monoisotopic (exact) mass is 231 g/mol. The van der Waals surface area contributed by atoms with Gasteiger partial charge in [0.05, 0.1) is 0 Å². The number of rotatable bonds is 5. The zero-order valence-electron chi connectivity index (χ0n) is 10.8. The second kappa shape index (κ2) is 5.32. The number of nitrogens with one attached hydrogen (secondary N) is 2. The lowest BCUT2D eigenvalue weighted by Gasteiger charge is -2.20. The summed E-state index contributed by atoms with van der Waals surface area (Å²) in [6.45, 7) is 7.66. The molecule has 0 aliphatic carbocycles. The van der Waals surface area contributed by atoms with Crippen LogP contribution in [-0.2, 0) is 6.54 Å². The summed E-state index contributed by atoms with van der Waals surface area (Å²) in [6.07, 6.45) is 5.04. The maximum atomic E-state index is 4.30. The number of hydrogen-bond acceptors (Lipinski definition) is 2. The Morgan fingerprint density at radius 3 is 2.94 bits per heavy atom. The molecule has 2 N–H and O–H groups in total. The average molecular weight is 231 g/mol. The van der Waals surface area contributed by atoms with Crippen LogP contribution in [-0.4, -0.2) is 16.0 Å². The number of fused-ring (bicyclic) bond motifs is 1. The van der Waals surface area contributed by atoms with Crippen molar-refractivity contribution in [2.45, 2.75) is 39.8 Å². The third kappa shape index (κ3) is 2.67. The molecule has 1 unspecified atom stereocenters. The van der Waals surface area contributed by atoms with Gasteiger partial charge in [-0.1, -0.05) is 20.8 Å². The van der Waals surface area contributed by atoms with E-state index in [0.29, 0.717) is 12.0 Å². The highest BCUT2D eigenvalue weighted by atomic mass is 14.9. The summed E-state index contributed by atoms with van der Waals surface area (Å²) in [5.74, 6) is 0.670. The van der Waals surface area contributed by atoms with Crippen molar-refractivity contribution in [3.63, 3.8) is 0 Å². The molecule has 0 radical (unpaired) electrons. The molecule has 3 heteroatoms. The number of H-pyrrole nitrogens is 1. The lowest BCUT2D eigenvalue weighted by atomic mass is 10.0. The molecular weight excluding hydrogens is 210 g/mol. The lowest BCUT2D eigenvalue weighted by molar-refractivity contribution is 0.388. The average Bonchev–Trinajstić information content (AvgIpc) is 2.73. The fourth-order valence-corrected chi connectivity index (χ4v) is 2.25. The first-order valence-electron chi connectivity index (χ1n) is 6.36. The van der Waals surface area contributed by atoms with Gasteiger partial charge in [0.2, 0.25) is 0 Å². The van der Waals surface area contributed by atoms with Crippen molar-refractivity contribution in [2.24, 2.45) is 5.92 Å². The number of pyridine rings is 1. The van der Waals surface area contributed by atoms with Crippen molar-refractivity contribution in [3.05, 3.63) is 30.1 Å². The van der Waals surface area contributed by atoms with Gasteiger partial charge in [-0.05, 0) is 30.0 Å². The van der Waals surface area contributed by atoms with Crippen LogP contribution in [0.4, 0.5) is 0 Å². The molecule has 3 nitrogen and oxygen atoms in total. The predicted octanol–water partition coefficient (Wildman–Crippen LogP) is 3.09. The van der Waals surface area contributed by atoms with E-state index in [2.05, 4.69) is 48.3 Å². The summed E-state index contributed by atoms with van der Waals surface area (Å²) >= 11 is 0. The number of nitrogens with zero attached hydrogens (tertiary/aromatic N) is 1. The van der Waals surface area contributed by atoms with E-state index in [4.69, 9.17) is 0 Å². The maximum absolute atomic E-state index is 4.30. The fraction of sp³-hybridized carbons (Fsp3) is 0.500. The molecule has 2 rings (SSSR count). The van der Waals surface area contributed by atoms with Crippen molar-refractivity contribution in [3.8, 4) is 0 Å². The molecule has 0 aromatic carbocycles. The molecule has 17 heavy (non-hydrogen) atoms. The first-order chi connectivity index (χ1) is 8.22. The van der Waals surface area contributed by atoms with E-state index >= 15 is 0 Å². The van der Waals surface area contributed by atoms with Crippen LogP contribution in [0.5, 0.6) is 0 Å². The SMILES string of the molecule is CCC(NCc1c[nH]c2ncccc12)C(C)C. The second-order valence-electron chi connectivity index (χ2n) is 4.85. The van der Waals surface area contributed by atoms with Gasteiger partial charge in [0, 0.05) is 30.4 Å². The molecule has 0 amide bonds. The minimum absolute atomic E-state index is 0.580. The van der Waals surface area contributed by atoms with Crippen LogP contribution in [0.2, 0.25) is 0 Å². The van der Waals surface area contributed by atoms with Crippen molar-refractivity contribution >= 4 is 11.0 Å². The third-order valence-corrected chi connectivity index (χ3v) is 3.34. The molecule has 2 aromatic rings. The van der Waals surface area contributed by atoms with E-state index in [1.165, 1.54) is 10.9 Å². The normalized spacial score (nSPS) is 13.4. The summed E-state index contributed by atoms with van der Waals surface area (Å²) in [5, 5.41) is 4.84. The standard InChI is InChI=1S/C14H21N3/c1-4-13(10(2)3)16-8-11-9-17-14-12(11)6-5-7-15-14/h5-7,9-10,13,16H,4,8H2,1-3H3,(H,15,17). The zero-order chi connectivity index (χ0) is 12.3. The Hall–Kier alpha value is -1.35. The van der Waals surface area contributed by atoms with Crippen LogP contribution in [0, 0.1) is 5.92 Å². The summed E-state index contributed by atoms with van der Waals surface area (Å²) in [7, 11) is 0. The summed E-state index contributed by atoms with van der Waals surface area (Å²) < 4.78 is 0. The summed E-state index contributed by atoms with van der Waals surface area (Å²) in [4.78, 5) is 7.51. The third-order valence-electron chi connectivity index (χ3n) is 3.34. The van der Waals surface area contributed by atoms with Crippen LogP contribution < -0.4 is 5.32 Å². The molecule has 0 bridgehead atoms. The van der Waals surface area contributed by atoms with E-state index in [9.17, 15) is 0 Å². The van der Waals surface area contributed by atoms with E-state index in [-0.39, 0.29) is 0 Å². The highest BCUT2D eigenvalue weighted by Crippen LogP contribution is 2.16. The van der Waals surface area contributed by atoms with Crippen molar-refractivity contribution in [1.29, 1.82) is 0 Å². The predicted molar refractivity (Wildman–Crippen MR) is 71.9 cm³/mol. The second-order valence-corrected chi connectivity index (χ2v) is 4.85. The first kappa shape index (κ1) is 12.1. The van der Waals surface area contributed by atoms with Crippen LogP contribution in [0.1, 0.15) is 32.8 Å². The van der Waals surface area contributed by atoms with E-state index in [0.717, 1.165) is 18.6 Å². The van der Waals surface area contributed by atoms with E-state index in [1.54, 1.807) is 0 Å². The summed E-state index contributed by atoms with van der Waals surface area (Å²) in [5.41, 5.74) is 2.27. The molecule has 0 saturated heterocycles. The molecule has 0 saturated carbocycles. The molecule has 1 atom stereocenters. The Morgan fingerprint density at radius 2 is 2.24 bits per heavy atom. The molecular formula is C14H21N3. The highest BCUT2D eigenvalue weighted by Gasteiger charge is 2.11. The molecule has 0 spiro atoms. The van der Waals surface area contributed by atoms with Gasteiger partial charge in [0.25, 0.3) is 0 Å². The van der Waals surface area contributed by atoms with Crippen molar-refractivity contribution in [1.82, 2.24) is 15.3 Å². The maximum Gasteiger partial charge on any atom is 0.137 e. The molecule has 92 valence electrons. The quantitative estimate of drug-likeness (QED) is 0.830. The minimum Gasteiger partial charge on any atom is -0.346 e. The van der Waals surface area contributed by atoms with Crippen molar-refractivity contribution in [2.75, 3.05) is 0 Å². The fourth-order valence-electron chi connectivity index (χ4n) is 2.25. The molecule has 0 aliphatic heterocycles. The Labute approximate surface area is 103 Å². The zero-order valence-corrected chi connectivity index (χ0v) is 10.8. The van der Waals surface area contributed by atoms with Gasteiger partial charge in [-0.3, -0.25) is 0 Å². The van der Waals surface area contributed by atoms with E-state index < -0.39 is 0 Å². The Kier molecular flexibility index (Phi) is 3.79. The van der Waals surface area contributed by atoms with Gasteiger partial charge < -0.3 is 10.3 Å². The van der Waals surface area contributed by atoms with Gasteiger partial charge in [-0.15, -0.1) is 0 Å². The Balaban J connectivity index is 2.08. The van der Waals surface area contributed by atoms with Gasteiger partial charge in [-0.2, -0.15) is 0 Å². The van der Waals surface area contributed by atoms with Crippen molar-refractivity contribution < 1.29 is 0 Å². The smallest absolute Gasteiger partial charge is 0.137 e. The first-order valence-corrected chi connectivity index (χ1v) is 6.36. The number of hydrogen-bond donors (Lipinski definition) is 2. The van der Waals surface area contributed by atoms with Crippen LogP contribution >= 0.6 is 0 Å². The van der Waals surface area contributed by atoms with Crippen LogP contribution in [0.25, 0.3) is 11.0 Å². The molecule has 0 aliphatic rings. The molecule has 0 fully saturated rings. The van der Waals surface area contributed by atoms with E-state index in [1.807, 2.05) is 12.3 Å². The van der Waals surface area contributed by atoms with Crippen LogP contribution in [0.15, 0.2) is 24.5 Å². The largest absolute Gasteiger partial charge is 0.346 e. The Bertz CT molecular complexity index is 473. The van der Waals surface area contributed by atoms with Gasteiger partial charge in [-0.25, -0.2) is 4.98 Å². The van der Waals surface area contributed by atoms with Gasteiger partial charge in [0.1, 0.15) is 5.65 Å². The topological polar surface area (TPSA) is 40.7 Å². The minimum atomic E-state index is 0.580. The lowest BCUT2D eigenvalue weighted by Crippen LogP contribution is -2.32. The summed E-state index contributed by atoms with van der Waals surface area (Å²) in [6, 6.07) is 4.68. The molecule has 2 aromatic heterocycles. The highest BCUT2D eigenvalue weighted by molar-refractivity contribution is 5.79. The Morgan fingerprint density at radius 1 is 1.41 bits per heavy atom. The van der Waals surface area contributed by atoms with Crippen LogP contribution in [0.3, 0.4) is 0 Å².